The number of piperidine rings is 1. The molecule has 1 fully saturated rings. The van der Waals surface area contributed by atoms with Crippen molar-refractivity contribution in [3.05, 3.63) is 41.3 Å². The summed E-state index contributed by atoms with van der Waals surface area (Å²) in [7, 11) is 1.41. The molecule has 1 aliphatic heterocycles. The maximum Gasteiger partial charge on any atom is 0.229 e. The van der Waals surface area contributed by atoms with Gasteiger partial charge in [0.1, 0.15) is 0 Å². The molecule has 1 aromatic carbocycles. The predicted octanol–water partition coefficient (Wildman–Crippen LogP) is 2.47. The lowest BCUT2D eigenvalue weighted by Crippen LogP contribution is -2.38. The highest BCUT2D eigenvalue weighted by Crippen LogP contribution is 2.27. The highest BCUT2D eigenvalue weighted by molar-refractivity contribution is 5.79. The molecule has 128 valence electrons. The van der Waals surface area contributed by atoms with Crippen LogP contribution in [0.5, 0.6) is 5.75 Å². The molecule has 0 aliphatic carbocycles. The number of rotatable bonds is 4. The van der Waals surface area contributed by atoms with Crippen molar-refractivity contribution in [3.8, 4) is 5.75 Å². The fourth-order valence-electron chi connectivity index (χ4n) is 2.96. The zero-order chi connectivity index (χ0) is 17.1. The van der Waals surface area contributed by atoms with E-state index in [1.54, 1.807) is 19.1 Å². The predicted molar refractivity (Wildman–Crippen MR) is 84.2 cm³/mol. The Morgan fingerprint density at radius 1 is 1.42 bits per heavy atom. The first-order valence-corrected chi connectivity index (χ1v) is 7.97. The standard InChI is InChI=1S/C17H20FN3O3/c1-11-19-17(24-20-11)13-5-7-21(8-6-13)16(22)10-12-3-4-15(23-2)14(18)9-12/h3-4,9,13H,5-8,10H2,1-2H3. The largest absolute Gasteiger partial charge is 0.494 e. The Morgan fingerprint density at radius 3 is 2.75 bits per heavy atom. The van der Waals surface area contributed by atoms with Crippen LogP contribution in [0.3, 0.4) is 0 Å². The second kappa shape index (κ2) is 6.98. The van der Waals surface area contributed by atoms with E-state index >= 15 is 0 Å². The molecule has 1 saturated heterocycles. The summed E-state index contributed by atoms with van der Waals surface area (Å²) in [4.78, 5) is 18.5. The van der Waals surface area contributed by atoms with E-state index in [-0.39, 0.29) is 24.0 Å². The maximum atomic E-state index is 13.7. The van der Waals surface area contributed by atoms with Gasteiger partial charge in [-0.3, -0.25) is 4.79 Å². The minimum absolute atomic E-state index is 0.000253. The fraction of sp³-hybridized carbons (Fsp3) is 0.471. The summed E-state index contributed by atoms with van der Waals surface area (Å²) in [5.74, 6) is 1.21. The van der Waals surface area contributed by atoms with Crippen LogP contribution in [-0.4, -0.2) is 41.1 Å². The molecule has 2 heterocycles. The van der Waals surface area contributed by atoms with E-state index in [2.05, 4.69) is 10.1 Å². The number of hydrogen-bond acceptors (Lipinski definition) is 5. The van der Waals surface area contributed by atoms with Crippen LogP contribution >= 0.6 is 0 Å². The molecule has 0 radical (unpaired) electrons. The second-order valence-corrected chi connectivity index (χ2v) is 5.98. The monoisotopic (exact) mass is 333 g/mol. The Balaban J connectivity index is 1.56. The summed E-state index contributed by atoms with van der Waals surface area (Å²) in [6.45, 7) is 3.08. The van der Waals surface area contributed by atoms with Gasteiger partial charge >= 0.3 is 0 Å². The summed E-state index contributed by atoms with van der Waals surface area (Å²) in [5, 5.41) is 3.81. The topological polar surface area (TPSA) is 68.5 Å². The molecule has 2 aromatic rings. The molecule has 6 nitrogen and oxygen atoms in total. The molecule has 7 heteroatoms. The Kier molecular flexibility index (Phi) is 4.78. The molecule has 0 bridgehead atoms. The number of benzene rings is 1. The Labute approximate surface area is 139 Å². The Morgan fingerprint density at radius 2 is 2.17 bits per heavy atom. The second-order valence-electron chi connectivity index (χ2n) is 5.98. The average molecular weight is 333 g/mol. The van der Waals surface area contributed by atoms with Crippen molar-refractivity contribution >= 4 is 5.91 Å². The van der Waals surface area contributed by atoms with Crippen molar-refractivity contribution in [1.82, 2.24) is 15.0 Å². The van der Waals surface area contributed by atoms with Gasteiger partial charge in [-0.15, -0.1) is 0 Å². The SMILES string of the molecule is COc1ccc(CC(=O)N2CCC(c3nc(C)no3)CC2)cc1F. The normalized spacial score (nSPS) is 15.5. The number of likely N-dealkylation sites (tertiary alicyclic amines) is 1. The number of amides is 1. The number of aromatic nitrogens is 2. The van der Waals surface area contributed by atoms with E-state index in [4.69, 9.17) is 9.26 Å². The smallest absolute Gasteiger partial charge is 0.229 e. The molecule has 0 atom stereocenters. The van der Waals surface area contributed by atoms with Crippen molar-refractivity contribution in [2.75, 3.05) is 20.2 Å². The van der Waals surface area contributed by atoms with Gasteiger partial charge in [-0.1, -0.05) is 11.2 Å². The van der Waals surface area contributed by atoms with Crippen LogP contribution in [0.4, 0.5) is 4.39 Å². The van der Waals surface area contributed by atoms with E-state index < -0.39 is 5.82 Å². The van der Waals surface area contributed by atoms with Gasteiger partial charge in [-0.2, -0.15) is 4.98 Å². The highest BCUT2D eigenvalue weighted by atomic mass is 19.1. The van der Waals surface area contributed by atoms with Gasteiger partial charge in [0.15, 0.2) is 17.4 Å². The van der Waals surface area contributed by atoms with Crippen molar-refractivity contribution < 1.29 is 18.4 Å². The van der Waals surface area contributed by atoms with Gasteiger partial charge in [0.25, 0.3) is 0 Å². The summed E-state index contributed by atoms with van der Waals surface area (Å²) < 4.78 is 23.8. The van der Waals surface area contributed by atoms with Crippen molar-refractivity contribution in [2.45, 2.75) is 32.1 Å². The zero-order valence-electron chi connectivity index (χ0n) is 13.8. The minimum atomic E-state index is -0.451. The van der Waals surface area contributed by atoms with Crippen LogP contribution in [0.15, 0.2) is 22.7 Å². The molecule has 0 N–H and O–H groups in total. The van der Waals surface area contributed by atoms with Gasteiger partial charge in [-0.25, -0.2) is 4.39 Å². The summed E-state index contributed by atoms with van der Waals surface area (Å²) in [6.07, 6.45) is 1.78. The van der Waals surface area contributed by atoms with Gasteiger partial charge in [0, 0.05) is 19.0 Å². The lowest BCUT2D eigenvalue weighted by Gasteiger charge is -2.30. The van der Waals surface area contributed by atoms with Gasteiger partial charge in [0.2, 0.25) is 11.8 Å². The molecule has 1 aromatic heterocycles. The lowest BCUT2D eigenvalue weighted by molar-refractivity contribution is -0.131. The third-order valence-corrected chi connectivity index (χ3v) is 4.31. The van der Waals surface area contributed by atoms with Crippen LogP contribution in [0.2, 0.25) is 0 Å². The van der Waals surface area contributed by atoms with Crippen molar-refractivity contribution in [2.24, 2.45) is 0 Å². The number of carbonyl (C=O) groups is 1. The van der Waals surface area contributed by atoms with E-state index in [0.717, 1.165) is 12.8 Å². The molecule has 0 unspecified atom stereocenters. The molecule has 24 heavy (non-hydrogen) atoms. The average Bonchev–Trinajstić information content (AvgIpc) is 3.02. The molecule has 1 amide bonds. The minimum Gasteiger partial charge on any atom is -0.494 e. The third kappa shape index (κ3) is 3.55. The number of aryl methyl sites for hydroxylation is 1. The molecule has 0 saturated carbocycles. The molecular weight excluding hydrogens is 313 g/mol. The third-order valence-electron chi connectivity index (χ3n) is 4.31. The quantitative estimate of drug-likeness (QED) is 0.860. The highest BCUT2D eigenvalue weighted by Gasteiger charge is 2.27. The first-order chi connectivity index (χ1) is 11.6. The fourth-order valence-corrected chi connectivity index (χ4v) is 2.96. The molecule has 1 aliphatic rings. The van der Waals surface area contributed by atoms with E-state index in [1.807, 2.05) is 4.90 Å². The molecule has 3 rings (SSSR count). The molecular formula is C17H20FN3O3. The number of nitrogens with zero attached hydrogens (tertiary/aromatic N) is 3. The Bertz CT molecular complexity index is 724. The number of carbonyl (C=O) groups excluding carboxylic acids is 1. The number of methoxy groups -OCH3 is 1. The van der Waals surface area contributed by atoms with Crippen molar-refractivity contribution in [3.63, 3.8) is 0 Å². The maximum absolute atomic E-state index is 13.7. The van der Waals surface area contributed by atoms with E-state index in [1.165, 1.54) is 13.2 Å². The van der Waals surface area contributed by atoms with Crippen molar-refractivity contribution in [1.29, 1.82) is 0 Å². The number of hydrogen-bond donors (Lipinski definition) is 0. The van der Waals surface area contributed by atoms with E-state index in [9.17, 15) is 9.18 Å². The van der Waals surface area contributed by atoms with Crippen LogP contribution in [0.1, 0.15) is 36.0 Å². The van der Waals surface area contributed by atoms with Gasteiger partial charge in [-0.05, 0) is 37.5 Å². The van der Waals surface area contributed by atoms with Crippen LogP contribution in [0.25, 0.3) is 0 Å². The zero-order valence-corrected chi connectivity index (χ0v) is 13.8. The van der Waals surface area contributed by atoms with Crippen LogP contribution in [0, 0.1) is 12.7 Å². The first-order valence-electron chi connectivity index (χ1n) is 7.97. The summed E-state index contributed by atoms with van der Waals surface area (Å²) in [5.41, 5.74) is 0.646. The van der Waals surface area contributed by atoms with Gasteiger partial charge in [0.05, 0.1) is 13.5 Å². The lowest BCUT2D eigenvalue weighted by atomic mass is 9.96. The van der Waals surface area contributed by atoms with Crippen LogP contribution < -0.4 is 4.74 Å². The summed E-state index contributed by atoms with van der Waals surface area (Å²) >= 11 is 0. The Hall–Kier alpha value is -2.44. The molecule has 0 spiro atoms. The number of ether oxygens (including phenoxy) is 1. The first kappa shape index (κ1) is 16.4. The van der Waals surface area contributed by atoms with Crippen LogP contribution in [-0.2, 0) is 11.2 Å². The van der Waals surface area contributed by atoms with Gasteiger partial charge < -0.3 is 14.2 Å². The summed E-state index contributed by atoms with van der Waals surface area (Å²) in [6, 6.07) is 4.61. The van der Waals surface area contributed by atoms with E-state index in [0.29, 0.717) is 30.4 Å². The number of halogens is 1.